The quantitative estimate of drug-likeness (QED) is 0.313. The van der Waals surface area contributed by atoms with Gasteiger partial charge in [-0.15, -0.1) is 0 Å². The highest BCUT2D eigenvalue weighted by atomic mass is 16.2. The van der Waals surface area contributed by atoms with E-state index in [4.69, 9.17) is 0 Å². The number of hydrogen-bond acceptors (Lipinski definition) is 9. The maximum atomic E-state index is 11.5. The molecule has 0 saturated carbocycles. The summed E-state index contributed by atoms with van der Waals surface area (Å²) in [5.41, 5.74) is -2.56. The number of aromatic amines is 2. The smallest absolute Gasteiger partial charge is 0.259 e. The summed E-state index contributed by atoms with van der Waals surface area (Å²) in [6.45, 7) is 0.0305. The maximum absolute atomic E-state index is 11.5. The van der Waals surface area contributed by atoms with Gasteiger partial charge >= 0.3 is 17.1 Å². The molecular formula is C12H12N6O6. The van der Waals surface area contributed by atoms with Crippen molar-refractivity contribution >= 4 is 18.2 Å². The Labute approximate surface area is 132 Å². The average molecular weight is 336 g/mol. The van der Waals surface area contributed by atoms with Gasteiger partial charge in [0.15, 0.2) is 0 Å². The van der Waals surface area contributed by atoms with E-state index in [2.05, 4.69) is 15.0 Å². The van der Waals surface area contributed by atoms with Crippen LogP contribution in [0.2, 0.25) is 0 Å². The summed E-state index contributed by atoms with van der Waals surface area (Å²) in [6.07, 6.45) is 4.52. The molecule has 0 aliphatic heterocycles. The number of isocyanates is 3. The normalized spacial score (nSPS) is 12.2. The van der Waals surface area contributed by atoms with Crippen LogP contribution in [-0.4, -0.2) is 38.6 Å². The summed E-state index contributed by atoms with van der Waals surface area (Å²) in [5.74, 6) is -1.93. The molecule has 0 saturated heterocycles. The number of H-pyrrole nitrogens is 2. The first-order valence-electron chi connectivity index (χ1n) is 6.68. The van der Waals surface area contributed by atoms with Crippen molar-refractivity contribution in [1.82, 2.24) is 14.5 Å². The summed E-state index contributed by atoms with van der Waals surface area (Å²) < 4.78 is 0.811. The number of aliphatic imine (C=N–C) groups is 3. The molecule has 0 aliphatic rings. The van der Waals surface area contributed by atoms with E-state index in [0.29, 0.717) is 19.3 Å². The van der Waals surface area contributed by atoms with Crippen LogP contribution in [0.15, 0.2) is 29.4 Å². The average Bonchev–Trinajstić information content (AvgIpc) is 2.50. The van der Waals surface area contributed by atoms with Crippen LogP contribution in [0.3, 0.4) is 0 Å². The Morgan fingerprint density at radius 3 is 1.79 bits per heavy atom. The van der Waals surface area contributed by atoms with Crippen LogP contribution in [0.1, 0.15) is 25.7 Å². The molecule has 0 unspecified atom stereocenters. The van der Waals surface area contributed by atoms with E-state index in [1.165, 1.54) is 18.2 Å². The summed E-state index contributed by atoms with van der Waals surface area (Å²) >= 11 is 0. The molecule has 0 spiro atoms. The second-order valence-electron chi connectivity index (χ2n) is 4.54. The first kappa shape index (κ1) is 18.6. The highest BCUT2D eigenvalue weighted by Gasteiger charge is 2.28. The van der Waals surface area contributed by atoms with E-state index in [1.54, 1.807) is 0 Å². The lowest BCUT2D eigenvalue weighted by Gasteiger charge is -2.14. The van der Waals surface area contributed by atoms with Gasteiger partial charge in [-0.05, 0) is 12.8 Å². The lowest BCUT2D eigenvalue weighted by atomic mass is 10.1. The molecule has 0 amide bonds. The highest BCUT2D eigenvalue weighted by Crippen LogP contribution is 2.22. The number of hydrogen-bond donors (Lipinski definition) is 2. The van der Waals surface area contributed by atoms with E-state index in [0.717, 1.165) is 4.57 Å². The molecule has 2 N–H and O–H groups in total. The van der Waals surface area contributed by atoms with E-state index < -0.39 is 22.9 Å². The molecule has 0 atom stereocenters. The molecule has 126 valence electrons. The Balaban J connectivity index is 2.68. The third kappa shape index (κ3) is 5.08. The maximum Gasteiger partial charge on any atom is 0.333 e. The van der Waals surface area contributed by atoms with Crippen LogP contribution in [0.25, 0.3) is 0 Å². The van der Waals surface area contributed by atoms with Crippen LogP contribution < -0.4 is 17.1 Å². The molecule has 1 aromatic heterocycles. The van der Waals surface area contributed by atoms with E-state index >= 15 is 0 Å². The lowest BCUT2D eigenvalue weighted by Crippen LogP contribution is -2.43. The number of aromatic nitrogens is 3. The number of nitrogens with zero attached hydrogens (tertiary/aromatic N) is 4. The molecule has 0 radical (unpaired) electrons. The fourth-order valence-corrected chi connectivity index (χ4v) is 1.93. The van der Waals surface area contributed by atoms with Crippen LogP contribution in [-0.2, 0) is 20.9 Å². The summed E-state index contributed by atoms with van der Waals surface area (Å²) in [7, 11) is 0. The first-order valence-corrected chi connectivity index (χ1v) is 6.68. The van der Waals surface area contributed by atoms with Gasteiger partial charge in [-0.3, -0.25) is 9.97 Å². The number of unbranched alkanes of at least 4 members (excludes halogenated alkanes) is 2. The Morgan fingerprint density at radius 2 is 1.33 bits per heavy atom. The second kappa shape index (κ2) is 8.86. The standard InChI is InChI=1S/C12H12N6O6/c19-6-13-12(14-7-20,15-8-21)4-2-1-3-5-18-10(23)16-9(22)17-11(18)24/h1-5H2,(H2,16,17,22,23,24). The number of rotatable bonds is 9. The van der Waals surface area contributed by atoms with Gasteiger partial charge in [-0.2, -0.15) is 15.0 Å². The van der Waals surface area contributed by atoms with Crippen LogP contribution in [0, 0.1) is 0 Å². The SMILES string of the molecule is O=C=NC(CCCCCn1c(=O)[nH]c(=O)[nH]c1=O)(N=C=O)N=C=O. The molecule has 0 fully saturated rings. The number of carbonyl (C=O) groups excluding carboxylic acids is 3. The summed E-state index contributed by atoms with van der Waals surface area (Å²) in [5, 5.41) is 0. The van der Waals surface area contributed by atoms with Gasteiger partial charge < -0.3 is 0 Å². The fraction of sp³-hybridized carbons (Fsp3) is 0.500. The zero-order chi connectivity index (χ0) is 18.0. The monoisotopic (exact) mass is 336 g/mol. The van der Waals surface area contributed by atoms with Crippen molar-refractivity contribution in [3.8, 4) is 0 Å². The Hall–Kier alpha value is -3.45. The van der Waals surface area contributed by atoms with Crippen molar-refractivity contribution in [3.63, 3.8) is 0 Å². The molecule has 0 bridgehead atoms. The molecule has 1 aromatic rings. The zero-order valence-electron chi connectivity index (χ0n) is 12.3. The van der Waals surface area contributed by atoms with Crippen molar-refractivity contribution in [2.24, 2.45) is 15.0 Å². The number of nitrogens with one attached hydrogen (secondary N) is 2. The Bertz CT molecular complexity index is 812. The summed E-state index contributed by atoms with van der Waals surface area (Å²) in [4.78, 5) is 78.4. The Kier molecular flexibility index (Phi) is 6.87. The lowest BCUT2D eigenvalue weighted by molar-refractivity contribution is 0.395. The Morgan fingerprint density at radius 1 is 0.833 bits per heavy atom. The predicted molar refractivity (Wildman–Crippen MR) is 77.5 cm³/mol. The van der Waals surface area contributed by atoms with E-state index in [9.17, 15) is 28.8 Å². The first-order chi connectivity index (χ1) is 11.5. The van der Waals surface area contributed by atoms with Crippen molar-refractivity contribution in [1.29, 1.82) is 0 Å². The second-order valence-corrected chi connectivity index (χ2v) is 4.54. The highest BCUT2D eigenvalue weighted by molar-refractivity contribution is 5.42. The van der Waals surface area contributed by atoms with Gasteiger partial charge in [0.1, 0.15) is 0 Å². The fourth-order valence-electron chi connectivity index (χ4n) is 1.93. The minimum absolute atomic E-state index is 0.0305. The van der Waals surface area contributed by atoms with E-state index in [1.807, 2.05) is 9.97 Å². The largest absolute Gasteiger partial charge is 0.333 e. The van der Waals surface area contributed by atoms with Crippen molar-refractivity contribution < 1.29 is 14.4 Å². The van der Waals surface area contributed by atoms with Crippen LogP contribution in [0.4, 0.5) is 0 Å². The molecule has 1 rings (SSSR count). The third-order valence-electron chi connectivity index (χ3n) is 3.00. The third-order valence-corrected chi connectivity index (χ3v) is 3.00. The predicted octanol–water partition coefficient (Wildman–Crippen LogP) is -1.55. The van der Waals surface area contributed by atoms with Crippen LogP contribution >= 0.6 is 0 Å². The minimum Gasteiger partial charge on any atom is -0.259 e. The van der Waals surface area contributed by atoms with Crippen molar-refractivity contribution in [3.05, 3.63) is 31.5 Å². The zero-order valence-corrected chi connectivity index (χ0v) is 12.3. The summed E-state index contributed by atoms with van der Waals surface area (Å²) in [6, 6.07) is 0. The molecule has 12 heteroatoms. The van der Waals surface area contributed by atoms with E-state index in [-0.39, 0.29) is 13.0 Å². The van der Waals surface area contributed by atoms with Crippen molar-refractivity contribution in [2.75, 3.05) is 0 Å². The van der Waals surface area contributed by atoms with Gasteiger partial charge in [-0.25, -0.2) is 33.3 Å². The topological polar surface area (TPSA) is 176 Å². The van der Waals surface area contributed by atoms with Gasteiger partial charge in [-0.1, -0.05) is 6.42 Å². The van der Waals surface area contributed by atoms with Gasteiger partial charge in [0.25, 0.3) is 5.79 Å². The minimum atomic E-state index is -1.93. The van der Waals surface area contributed by atoms with Gasteiger partial charge in [0, 0.05) is 13.0 Å². The van der Waals surface area contributed by atoms with Crippen LogP contribution in [0.5, 0.6) is 0 Å². The molecular weight excluding hydrogens is 324 g/mol. The van der Waals surface area contributed by atoms with Gasteiger partial charge in [0.2, 0.25) is 18.2 Å². The molecule has 1 heterocycles. The molecule has 24 heavy (non-hydrogen) atoms. The molecule has 0 aromatic carbocycles. The molecule has 0 aliphatic carbocycles. The molecule has 12 nitrogen and oxygen atoms in total. The van der Waals surface area contributed by atoms with Crippen molar-refractivity contribution in [2.45, 2.75) is 38.0 Å². The van der Waals surface area contributed by atoms with Gasteiger partial charge in [0.05, 0.1) is 0 Å².